The number of hydrogen-bond acceptors (Lipinski definition) is 12. The molecule has 0 fully saturated rings. The van der Waals surface area contributed by atoms with Gasteiger partial charge in [-0.3, -0.25) is 4.98 Å². The molecule has 0 aliphatic rings. The first kappa shape index (κ1) is 67.5. The van der Waals surface area contributed by atoms with Crippen molar-refractivity contribution in [1.82, 2.24) is 19.9 Å². The Hall–Kier alpha value is -7.74. The van der Waals surface area contributed by atoms with E-state index in [1.165, 1.54) is 24.3 Å². The first-order valence-electron chi connectivity index (χ1n) is 23.2. The summed E-state index contributed by atoms with van der Waals surface area (Å²) in [7, 11) is -4.78. The molecule has 3 N–H and O–H groups in total. The van der Waals surface area contributed by atoms with Crippen LogP contribution in [0.15, 0.2) is 222 Å². The fourth-order valence-corrected chi connectivity index (χ4v) is 7.19. The van der Waals surface area contributed by atoms with E-state index in [0.717, 1.165) is 79.3 Å². The van der Waals surface area contributed by atoms with Crippen LogP contribution in [0, 0.1) is 37.3 Å². The van der Waals surface area contributed by atoms with E-state index >= 15 is 0 Å². The number of aliphatic hydroxyl groups excluding tert-OH is 2. The predicted molar refractivity (Wildman–Crippen MR) is 296 cm³/mol. The molecule has 6 aromatic heterocycles. The molecule has 2 radical (unpaired) electrons. The van der Waals surface area contributed by atoms with E-state index < -0.39 is 15.6 Å². The second-order valence-corrected chi connectivity index (χ2v) is 17.0. The summed E-state index contributed by atoms with van der Waals surface area (Å²) in [6.45, 7) is 1.93. The summed E-state index contributed by atoms with van der Waals surface area (Å²) in [6.07, 6.45) is 7.05. The third-order valence-electron chi connectivity index (χ3n) is 10.4. The van der Waals surface area contributed by atoms with Crippen molar-refractivity contribution in [2.24, 2.45) is 0 Å². The third-order valence-corrected chi connectivity index (χ3v) is 11.2. The monoisotopic (exact) mass is 1480 g/mol. The van der Waals surface area contributed by atoms with Gasteiger partial charge in [-0.25, -0.2) is 14.0 Å². The number of halogens is 5. The number of rotatable bonds is 5. The molecule has 0 aliphatic heterocycles. The maximum Gasteiger partial charge on any atom is 0.525 e. The molecular weight excluding hydrogens is 1430 g/mol. The molecule has 12 rings (SSSR count). The molecule has 81 heavy (non-hydrogen) atoms. The summed E-state index contributed by atoms with van der Waals surface area (Å²) in [5.41, 5.74) is 4.34. The molecule has 0 amide bonds. The Morgan fingerprint density at radius 3 is 1.33 bits per heavy atom. The van der Waals surface area contributed by atoms with Gasteiger partial charge in [0, 0.05) is 113 Å². The minimum Gasteiger partial charge on any atom is -0.500 e. The number of nitrogens with zero attached hydrogens (tertiary/aromatic N) is 4. The van der Waals surface area contributed by atoms with Crippen LogP contribution in [0.4, 0.5) is 22.0 Å². The summed E-state index contributed by atoms with van der Waals surface area (Å²) in [6, 6.07) is 67.1. The third kappa shape index (κ3) is 18.7. The van der Waals surface area contributed by atoms with Gasteiger partial charge in [0.1, 0.15) is 28.4 Å². The van der Waals surface area contributed by atoms with Crippen molar-refractivity contribution in [3.05, 3.63) is 250 Å². The van der Waals surface area contributed by atoms with Gasteiger partial charge in [0.2, 0.25) is 0 Å². The molecule has 20 heteroatoms. The summed E-state index contributed by atoms with van der Waals surface area (Å²) < 4.78 is 92.1. The smallest absolute Gasteiger partial charge is 0.500 e. The van der Waals surface area contributed by atoms with Gasteiger partial charge >= 0.3 is 15.6 Å². The van der Waals surface area contributed by atoms with Gasteiger partial charge in [0.25, 0.3) is 0 Å². The minimum atomic E-state index is -5.78. The quantitative estimate of drug-likeness (QED) is 0.0488. The van der Waals surface area contributed by atoms with E-state index in [1.807, 2.05) is 152 Å². The number of hydrogen-bond donors (Lipinski definition) is 3. The van der Waals surface area contributed by atoms with Crippen LogP contribution in [0.25, 0.3) is 88.9 Å². The minimum absolute atomic E-state index is 0. The normalized spacial score (nSPS) is 10.2. The Balaban J connectivity index is 0.000000266. The second kappa shape index (κ2) is 33.8. The van der Waals surface area contributed by atoms with E-state index in [9.17, 15) is 30.4 Å². The molecular formula is C61H49F5Ir2N4O8S-4. The Morgan fingerprint density at radius 2 is 0.938 bits per heavy atom. The number of furan rings is 2. The maximum atomic E-state index is 13.3. The first-order chi connectivity index (χ1) is 37.8. The number of fused-ring (bicyclic) bond motifs is 6. The number of benzene rings is 6. The van der Waals surface area contributed by atoms with Crippen LogP contribution < -0.4 is 0 Å². The summed E-state index contributed by atoms with van der Waals surface area (Å²) in [4.78, 5) is 17.1. The number of pyridine rings is 4. The molecule has 12 aromatic rings. The van der Waals surface area contributed by atoms with Crippen LogP contribution in [-0.4, -0.2) is 63.0 Å². The van der Waals surface area contributed by atoms with Gasteiger partial charge < -0.3 is 41.4 Å². The van der Waals surface area contributed by atoms with Crippen molar-refractivity contribution >= 4 is 54.0 Å². The summed E-state index contributed by atoms with van der Waals surface area (Å²) in [5, 5.41) is 25.4. The standard InChI is InChI=1S/C17H10FNO.C17H9FNO.2C11H8N.C2H6O.CHF3O4S.CH4O.CH3.2Ir/c2*18-11-7-8-12-13-4-3-5-14(15-6-1-2-9-19-15)17(13)20-16(12)10-11;2*1-2-6-10(7-3-1)11-8-4-5-9-12-11;1-2-3;2-1(3,4)9(6,7)8-5;1-2;;;/h1-10H;1-4,6-10H;2*1-6,8-9H;3H,2H2,1H3;5H;2H,1H3;1H3;;/q;3*-1;;;;-1;;. The molecule has 0 atom stereocenters. The Labute approximate surface area is 491 Å². The van der Waals surface area contributed by atoms with Gasteiger partial charge in [-0.2, -0.15) is 21.6 Å². The Bertz CT molecular complexity index is 3540. The average molecular weight is 1480 g/mol. The van der Waals surface area contributed by atoms with Gasteiger partial charge in [-0.05, 0) is 84.7 Å². The number of aromatic nitrogens is 4. The van der Waals surface area contributed by atoms with Gasteiger partial charge in [-0.1, -0.05) is 65.5 Å². The molecule has 6 heterocycles. The van der Waals surface area contributed by atoms with Gasteiger partial charge in [-0.15, -0.1) is 94.3 Å². The number of aliphatic hydroxyl groups is 2. The van der Waals surface area contributed by atoms with E-state index in [0.29, 0.717) is 16.7 Å². The van der Waals surface area contributed by atoms with Crippen LogP contribution in [0.2, 0.25) is 0 Å². The topological polar surface area (TPSA) is 182 Å². The summed E-state index contributed by atoms with van der Waals surface area (Å²) in [5.74, 6) is -0.601. The molecule has 0 aliphatic carbocycles. The largest absolute Gasteiger partial charge is 0.525 e. The second-order valence-electron chi connectivity index (χ2n) is 15.5. The van der Waals surface area contributed by atoms with E-state index in [-0.39, 0.29) is 65.9 Å². The molecule has 424 valence electrons. The van der Waals surface area contributed by atoms with Crippen LogP contribution in [0.5, 0.6) is 0 Å². The number of alkyl halides is 3. The molecule has 0 spiro atoms. The van der Waals surface area contributed by atoms with Crippen molar-refractivity contribution in [2.75, 3.05) is 13.7 Å². The predicted octanol–water partition coefficient (Wildman–Crippen LogP) is 14.8. The van der Waals surface area contributed by atoms with Crippen molar-refractivity contribution in [2.45, 2.75) is 12.4 Å². The molecule has 0 saturated heterocycles. The Morgan fingerprint density at radius 1 is 0.519 bits per heavy atom. The zero-order valence-corrected chi connectivity index (χ0v) is 48.7. The maximum absolute atomic E-state index is 13.3. The molecule has 6 aromatic carbocycles. The van der Waals surface area contributed by atoms with Crippen molar-refractivity contribution in [3.8, 4) is 45.0 Å². The fourth-order valence-electron chi connectivity index (χ4n) is 7.10. The first-order valence-corrected chi connectivity index (χ1v) is 24.6. The average Bonchev–Trinajstić information content (AvgIpc) is 4.07. The molecule has 12 nitrogen and oxygen atoms in total. The van der Waals surface area contributed by atoms with Crippen LogP contribution >= 0.6 is 0 Å². The van der Waals surface area contributed by atoms with Crippen molar-refractivity contribution < 1.29 is 99.2 Å². The molecule has 0 unspecified atom stereocenters. The van der Waals surface area contributed by atoms with Crippen molar-refractivity contribution in [1.29, 1.82) is 0 Å². The van der Waals surface area contributed by atoms with Crippen molar-refractivity contribution in [3.63, 3.8) is 0 Å². The van der Waals surface area contributed by atoms with Gasteiger partial charge in [0.05, 0.1) is 11.3 Å². The molecule has 0 bridgehead atoms. The molecule has 0 saturated carbocycles. The van der Waals surface area contributed by atoms with E-state index in [1.54, 1.807) is 43.8 Å². The fraction of sp³-hybridized carbons (Fsp3) is 0.0656. The zero-order chi connectivity index (χ0) is 55.9. The SMILES string of the molecule is CCO.CO.Fc1ccc2c(c1)oc1c(-c3ccccn3)[c-]ccc12.Fc1ccc2c(c1)oc1c(-c3ccccn3)cccc12.O=S(=O)(OO)C(F)(F)F.[CH3-].[Ir].[Ir].[c-]1ccccc1-c1ccccn1.[c-]1ccccc1-c1ccccn1. The van der Waals surface area contributed by atoms with Crippen LogP contribution in [0.3, 0.4) is 0 Å². The van der Waals surface area contributed by atoms with Crippen LogP contribution in [-0.2, 0) is 54.7 Å². The zero-order valence-electron chi connectivity index (χ0n) is 43.1. The van der Waals surface area contributed by atoms with E-state index in [2.05, 4.69) is 42.5 Å². The Kier molecular flexibility index (Phi) is 28.1. The summed E-state index contributed by atoms with van der Waals surface area (Å²) >= 11 is 0. The number of para-hydroxylation sites is 1. The van der Waals surface area contributed by atoms with Crippen LogP contribution in [0.1, 0.15) is 6.92 Å². The van der Waals surface area contributed by atoms with Gasteiger partial charge in [0.15, 0.2) is 0 Å². The van der Waals surface area contributed by atoms with E-state index in [4.69, 9.17) is 24.3 Å².